The molecule has 2 N–H and O–H groups in total. The van der Waals surface area contributed by atoms with E-state index in [4.69, 9.17) is 0 Å². The van der Waals surface area contributed by atoms with Gasteiger partial charge in [-0.2, -0.15) is 18.3 Å². The smallest absolute Gasteiger partial charge is 0.383 e. The number of nitrogens with zero attached hydrogens (tertiary/aromatic N) is 6. The van der Waals surface area contributed by atoms with Crippen LogP contribution in [-0.4, -0.2) is 77.4 Å². The first-order valence-electron chi connectivity index (χ1n) is 11.8. The van der Waals surface area contributed by atoms with E-state index in [1.807, 2.05) is 6.92 Å². The largest absolute Gasteiger partial charge is 0.435 e. The molecule has 0 saturated carbocycles. The van der Waals surface area contributed by atoms with Crippen molar-refractivity contribution in [2.24, 2.45) is 0 Å². The third-order valence-electron chi connectivity index (χ3n) is 6.81. The molecule has 0 aliphatic carbocycles. The van der Waals surface area contributed by atoms with Gasteiger partial charge in [-0.3, -0.25) is 5.10 Å². The van der Waals surface area contributed by atoms with Gasteiger partial charge in [-0.15, -0.1) is 0 Å². The number of aromatic amines is 1. The Morgan fingerprint density at radius 3 is 2.43 bits per heavy atom. The lowest BCUT2D eigenvalue weighted by Gasteiger charge is -2.38. The second kappa shape index (κ2) is 9.48. The first-order valence-corrected chi connectivity index (χ1v) is 11.8. The molecule has 0 radical (unpaired) electrons. The van der Waals surface area contributed by atoms with E-state index in [0.29, 0.717) is 26.2 Å². The molecular formula is C23H28F4N8. The van der Waals surface area contributed by atoms with Crippen LogP contribution in [0.1, 0.15) is 24.1 Å². The first kappa shape index (κ1) is 23.6. The fourth-order valence-corrected chi connectivity index (χ4v) is 4.98. The fourth-order valence-electron chi connectivity index (χ4n) is 4.98. The van der Waals surface area contributed by atoms with Crippen molar-refractivity contribution in [2.75, 3.05) is 67.5 Å². The summed E-state index contributed by atoms with van der Waals surface area (Å²) in [6.45, 7) is 7.75. The third-order valence-corrected chi connectivity index (χ3v) is 6.81. The lowest BCUT2D eigenvalue weighted by molar-refractivity contribution is -0.139. The Morgan fingerprint density at radius 2 is 1.71 bits per heavy atom. The van der Waals surface area contributed by atoms with Crippen molar-refractivity contribution in [3.05, 3.63) is 35.5 Å². The molecule has 5 rings (SSSR count). The number of H-pyrrole nitrogens is 1. The topological polar surface area (TPSA) is 76.2 Å². The molecule has 0 atom stereocenters. The van der Waals surface area contributed by atoms with E-state index >= 15 is 0 Å². The second-order valence-corrected chi connectivity index (χ2v) is 9.04. The van der Waals surface area contributed by atoms with Gasteiger partial charge in [-0.25, -0.2) is 14.4 Å². The van der Waals surface area contributed by atoms with Crippen molar-refractivity contribution in [2.45, 2.75) is 25.9 Å². The zero-order chi connectivity index (χ0) is 24.6. The summed E-state index contributed by atoms with van der Waals surface area (Å²) in [5.74, 6) is -0.113. The molecule has 0 amide bonds. The second-order valence-electron chi connectivity index (χ2n) is 9.04. The number of alkyl halides is 3. The molecule has 8 nitrogen and oxygen atoms in total. The van der Waals surface area contributed by atoms with Crippen LogP contribution in [0.3, 0.4) is 0 Å². The molecule has 2 aliphatic rings. The van der Waals surface area contributed by atoms with E-state index in [9.17, 15) is 17.6 Å². The highest BCUT2D eigenvalue weighted by molar-refractivity contribution is 5.90. The number of aromatic nitrogens is 4. The standard InChI is InChI=1S/C23H28F4N8/c1-15-17(28-4-7-33-5-2-3-6-33)12-16(24)13-18(15)34-8-10-35(11-9-34)22-19-20(23(25,26)27)31-32-21(19)29-14-30-22/h12-14,28H,2-11H2,1H3,(H,29,30,31,32). The molecule has 2 saturated heterocycles. The predicted octanol–water partition coefficient (Wildman–Crippen LogP) is 3.65. The molecule has 2 aliphatic heterocycles. The van der Waals surface area contributed by atoms with Crippen LogP contribution in [-0.2, 0) is 6.18 Å². The number of halogens is 4. The van der Waals surface area contributed by atoms with Gasteiger partial charge >= 0.3 is 6.18 Å². The summed E-state index contributed by atoms with van der Waals surface area (Å²) in [6, 6.07) is 3.05. The molecule has 1 aromatic carbocycles. The SMILES string of the molecule is Cc1c(NCCN2CCCC2)cc(F)cc1N1CCN(c2ncnc3[nH]nc(C(F)(F)F)c23)CC1. The van der Waals surface area contributed by atoms with Gasteiger partial charge in [0.15, 0.2) is 11.3 Å². The Morgan fingerprint density at radius 1 is 1.00 bits per heavy atom. The highest BCUT2D eigenvalue weighted by Crippen LogP contribution is 2.37. The Hall–Kier alpha value is -3.15. The van der Waals surface area contributed by atoms with Crippen molar-refractivity contribution in [1.29, 1.82) is 0 Å². The van der Waals surface area contributed by atoms with Crippen molar-refractivity contribution >= 4 is 28.2 Å². The van der Waals surface area contributed by atoms with Gasteiger partial charge in [-0.1, -0.05) is 0 Å². The van der Waals surface area contributed by atoms with Gasteiger partial charge < -0.3 is 20.0 Å². The third kappa shape index (κ3) is 4.84. The van der Waals surface area contributed by atoms with Crippen LogP contribution in [0.15, 0.2) is 18.5 Å². The Balaban J connectivity index is 1.30. The molecule has 2 fully saturated rings. The quantitative estimate of drug-likeness (QED) is 0.509. The van der Waals surface area contributed by atoms with Crippen LogP contribution in [0.4, 0.5) is 34.8 Å². The highest BCUT2D eigenvalue weighted by Gasteiger charge is 2.38. The summed E-state index contributed by atoms with van der Waals surface area (Å²) < 4.78 is 54.9. The minimum Gasteiger partial charge on any atom is -0.383 e. The fraction of sp³-hybridized carbons (Fsp3) is 0.522. The summed E-state index contributed by atoms with van der Waals surface area (Å²) in [5.41, 5.74) is 1.55. The highest BCUT2D eigenvalue weighted by atomic mass is 19.4. The predicted molar refractivity (Wildman–Crippen MR) is 126 cm³/mol. The Kier molecular flexibility index (Phi) is 6.39. The zero-order valence-electron chi connectivity index (χ0n) is 19.5. The maximum Gasteiger partial charge on any atom is 0.435 e. The van der Waals surface area contributed by atoms with E-state index < -0.39 is 11.9 Å². The molecule has 35 heavy (non-hydrogen) atoms. The minimum atomic E-state index is -4.61. The van der Waals surface area contributed by atoms with Gasteiger partial charge in [-0.05, 0) is 50.6 Å². The van der Waals surface area contributed by atoms with E-state index in [1.165, 1.54) is 31.3 Å². The number of nitrogens with one attached hydrogen (secondary N) is 2. The lowest BCUT2D eigenvalue weighted by atomic mass is 10.1. The van der Waals surface area contributed by atoms with Crippen LogP contribution in [0.2, 0.25) is 0 Å². The molecule has 0 unspecified atom stereocenters. The normalized spacial score (nSPS) is 17.5. The molecule has 2 aromatic heterocycles. The monoisotopic (exact) mass is 492 g/mol. The number of piperazine rings is 1. The number of hydrogen-bond donors (Lipinski definition) is 2. The van der Waals surface area contributed by atoms with E-state index in [-0.39, 0.29) is 22.7 Å². The van der Waals surface area contributed by atoms with Crippen LogP contribution in [0, 0.1) is 12.7 Å². The summed E-state index contributed by atoms with van der Waals surface area (Å²) in [5, 5.41) is 9.03. The van der Waals surface area contributed by atoms with E-state index in [1.54, 1.807) is 4.90 Å². The maximum absolute atomic E-state index is 14.5. The number of rotatable bonds is 6. The van der Waals surface area contributed by atoms with Gasteiger partial charge in [0.2, 0.25) is 0 Å². The average Bonchev–Trinajstić information content (AvgIpc) is 3.51. The van der Waals surface area contributed by atoms with Crippen LogP contribution in [0.5, 0.6) is 0 Å². The average molecular weight is 493 g/mol. The van der Waals surface area contributed by atoms with E-state index in [0.717, 1.165) is 43.1 Å². The van der Waals surface area contributed by atoms with Crippen molar-refractivity contribution in [3.8, 4) is 0 Å². The van der Waals surface area contributed by atoms with Crippen molar-refractivity contribution in [3.63, 3.8) is 0 Å². The van der Waals surface area contributed by atoms with Gasteiger partial charge in [0.1, 0.15) is 18.0 Å². The zero-order valence-corrected chi connectivity index (χ0v) is 19.5. The van der Waals surface area contributed by atoms with Crippen molar-refractivity contribution in [1.82, 2.24) is 25.1 Å². The van der Waals surface area contributed by atoms with Crippen LogP contribution in [0.25, 0.3) is 11.0 Å². The van der Waals surface area contributed by atoms with Crippen LogP contribution >= 0.6 is 0 Å². The number of fused-ring (bicyclic) bond motifs is 1. The number of anilines is 3. The lowest BCUT2D eigenvalue weighted by Crippen LogP contribution is -2.47. The molecule has 4 heterocycles. The molecule has 12 heteroatoms. The van der Waals surface area contributed by atoms with Gasteiger partial charge in [0.05, 0.1) is 5.39 Å². The summed E-state index contributed by atoms with van der Waals surface area (Å²) in [6.07, 6.45) is -0.920. The number of likely N-dealkylation sites (tertiary alicyclic amines) is 1. The molecular weight excluding hydrogens is 464 g/mol. The minimum absolute atomic E-state index is 0.0513. The summed E-state index contributed by atoms with van der Waals surface area (Å²) >= 11 is 0. The van der Waals surface area contributed by atoms with Crippen LogP contribution < -0.4 is 15.1 Å². The Labute approximate surface area is 200 Å². The summed E-state index contributed by atoms with van der Waals surface area (Å²) in [7, 11) is 0. The van der Waals surface area contributed by atoms with Gasteiger partial charge in [0, 0.05) is 50.6 Å². The number of hydrogen-bond acceptors (Lipinski definition) is 7. The molecule has 0 spiro atoms. The Bertz CT molecular complexity index is 1180. The number of benzene rings is 1. The van der Waals surface area contributed by atoms with Crippen molar-refractivity contribution < 1.29 is 17.6 Å². The molecule has 3 aromatic rings. The van der Waals surface area contributed by atoms with Gasteiger partial charge in [0.25, 0.3) is 0 Å². The summed E-state index contributed by atoms with van der Waals surface area (Å²) in [4.78, 5) is 14.3. The molecule has 188 valence electrons. The maximum atomic E-state index is 14.5. The van der Waals surface area contributed by atoms with E-state index in [2.05, 4.69) is 35.3 Å². The first-order chi connectivity index (χ1) is 16.8. The molecule has 0 bridgehead atoms.